The molecule has 23 heavy (non-hydrogen) atoms. The van der Waals surface area contributed by atoms with Gasteiger partial charge in [0.05, 0.1) is 10.6 Å². The van der Waals surface area contributed by atoms with Gasteiger partial charge in [0.25, 0.3) is 0 Å². The van der Waals surface area contributed by atoms with E-state index in [9.17, 15) is 0 Å². The number of rotatable bonds is 5. The molecule has 0 unspecified atom stereocenters. The van der Waals surface area contributed by atoms with Crippen molar-refractivity contribution in [3.8, 4) is 0 Å². The number of fused-ring (bicyclic) bond motifs is 5. The van der Waals surface area contributed by atoms with Gasteiger partial charge in [0.2, 0.25) is 0 Å². The molecule has 3 aromatic heterocycles. The molecular weight excluding hydrogens is 304 g/mol. The highest BCUT2D eigenvalue weighted by atomic mass is 32.2. The second-order valence-corrected chi connectivity index (χ2v) is 7.00. The number of aromatic nitrogens is 4. The zero-order valence-corrected chi connectivity index (χ0v) is 14.3. The van der Waals surface area contributed by atoms with Crippen LogP contribution in [0.3, 0.4) is 0 Å². The van der Waals surface area contributed by atoms with E-state index in [-0.39, 0.29) is 0 Å². The smallest absolute Gasteiger partial charge is 0.171 e. The molecule has 4 nitrogen and oxygen atoms in total. The first kappa shape index (κ1) is 14.6. The zero-order valence-electron chi connectivity index (χ0n) is 13.5. The SMILES string of the molecule is CCCCCSc1c(C)nn2c1ncc1c3ccccc3[nH]c12. The summed E-state index contributed by atoms with van der Waals surface area (Å²) in [4.78, 5) is 9.41. The lowest BCUT2D eigenvalue weighted by molar-refractivity contribution is 0.778. The number of para-hydroxylation sites is 1. The molecule has 3 heterocycles. The van der Waals surface area contributed by atoms with E-state index in [1.54, 1.807) is 0 Å². The minimum atomic E-state index is 0.961. The maximum Gasteiger partial charge on any atom is 0.171 e. The van der Waals surface area contributed by atoms with E-state index in [4.69, 9.17) is 10.1 Å². The Hall–Kier alpha value is -2.01. The Balaban J connectivity index is 1.84. The van der Waals surface area contributed by atoms with Gasteiger partial charge in [0, 0.05) is 22.5 Å². The van der Waals surface area contributed by atoms with Crippen molar-refractivity contribution in [2.45, 2.75) is 38.0 Å². The lowest BCUT2D eigenvalue weighted by Gasteiger charge is -2.00. The van der Waals surface area contributed by atoms with Crippen LogP contribution in [-0.2, 0) is 0 Å². The third-order valence-electron chi connectivity index (χ3n) is 4.23. The van der Waals surface area contributed by atoms with E-state index in [0.717, 1.165) is 33.6 Å². The van der Waals surface area contributed by atoms with E-state index in [0.29, 0.717) is 0 Å². The molecule has 0 amide bonds. The van der Waals surface area contributed by atoms with Crippen LogP contribution in [0.5, 0.6) is 0 Å². The van der Waals surface area contributed by atoms with Crippen LogP contribution in [0.2, 0.25) is 0 Å². The summed E-state index contributed by atoms with van der Waals surface area (Å²) in [6, 6.07) is 8.32. The number of thioether (sulfide) groups is 1. The van der Waals surface area contributed by atoms with Gasteiger partial charge in [-0.1, -0.05) is 38.0 Å². The summed E-state index contributed by atoms with van der Waals surface area (Å²) < 4.78 is 1.97. The molecule has 4 rings (SSSR count). The van der Waals surface area contributed by atoms with Gasteiger partial charge in [0.1, 0.15) is 5.65 Å². The van der Waals surface area contributed by atoms with Crippen molar-refractivity contribution in [3.63, 3.8) is 0 Å². The normalized spacial score (nSPS) is 11.9. The molecule has 0 saturated carbocycles. The number of aromatic amines is 1. The Labute approximate surface area is 139 Å². The number of aryl methyl sites for hydroxylation is 1. The van der Waals surface area contributed by atoms with Crippen LogP contribution in [0.15, 0.2) is 35.4 Å². The van der Waals surface area contributed by atoms with Crippen molar-refractivity contribution in [1.29, 1.82) is 0 Å². The van der Waals surface area contributed by atoms with E-state index < -0.39 is 0 Å². The average Bonchev–Trinajstić information content (AvgIpc) is 3.09. The monoisotopic (exact) mass is 324 g/mol. The fraction of sp³-hybridized carbons (Fsp3) is 0.333. The fourth-order valence-electron chi connectivity index (χ4n) is 3.04. The second-order valence-electron chi connectivity index (χ2n) is 5.90. The molecule has 0 fully saturated rings. The quantitative estimate of drug-likeness (QED) is 0.417. The molecule has 4 aromatic rings. The molecule has 0 aliphatic heterocycles. The van der Waals surface area contributed by atoms with Gasteiger partial charge in [-0.2, -0.15) is 9.61 Å². The maximum absolute atomic E-state index is 4.74. The Morgan fingerprint density at radius 2 is 2.04 bits per heavy atom. The maximum atomic E-state index is 4.74. The summed E-state index contributed by atoms with van der Waals surface area (Å²) in [6.45, 7) is 4.31. The summed E-state index contributed by atoms with van der Waals surface area (Å²) in [5.41, 5.74) is 4.18. The highest BCUT2D eigenvalue weighted by Gasteiger charge is 2.15. The first-order valence-electron chi connectivity index (χ1n) is 8.17. The summed E-state index contributed by atoms with van der Waals surface area (Å²) in [5, 5.41) is 7.06. The number of hydrogen-bond acceptors (Lipinski definition) is 3. The predicted octanol–water partition coefficient (Wildman–Crippen LogP) is 4.95. The molecule has 1 aromatic carbocycles. The summed E-state index contributed by atoms with van der Waals surface area (Å²) in [5.74, 6) is 1.13. The van der Waals surface area contributed by atoms with Crippen molar-refractivity contribution in [2.24, 2.45) is 0 Å². The molecular formula is C18H20N4S. The Bertz CT molecular complexity index is 983. The lowest BCUT2D eigenvalue weighted by Crippen LogP contribution is -1.92. The molecule has 0 aliphatic rings. The molecule has 0 radical (unpaired) electrons. The molecule has 0 aliphatic carbocycles. The third kappa shape index (κ3) is 2.39. The number of benzene rings is 1. The van der Waals surface area contributed by atoms with E-state index in [2.05, 4.69) is 37.0 Å². The molecule has 0 spiro atoms. The summed E-state index contributed by atoms with van der Waals surface area (Å²) in [7, 11) is 0. The number of hydrogen-bond donors (Lipinski definition) is 1. The molecule has 118 valence electrons. The van der Waals surface area contributed by atoms with Gasteiger partial charge in [-0.25, -0.2) is 4.98 Å². The number of unbranched alkanes of at least 4 members (excludes halogenated alkanes) is 2. The Morgan fingerprint density at radius 1 is 1.17 bits per heavy atom. The van der Waals surface area contributed by atoms with Crippen molar-refractivity contribution < 1.29 is 0 Å². The van der Waals surface area contributed by atoms with Crippen molar-refractivity contribution in [1.82, 2.24) is 19.6 Å². The standard InChI is InChI=1S/C18H20N4S/c1-3-4-7-10-23-16-12(2)21-22-17-14(11-19-18(16)22)13-8-5-6-9-15(13)20-17/h5-6,8-9,11,20H,3-4,7,10H2,1-2H3. The predicted molar refractivity (Wildman–Crippen MR) is 97.3 cm³/mol. The Morgan fingerprint density at radius 3 is 2.91 bits per heavy atom. The van der Waals surface area contributed by atoms with Crippen LogP contribution in [0.4, 0.5) is 0 Å². The van der Waals surface area contributed by atoms with Gasteiger partial charge in [-0.05, 0) is 25.2 Å². The van der Waals surface area contributed by atoms with Crippen LogP contribution in [0.25, 0.3) is 27.6 Å². The van der Waals surface area contributed by atoms with E-state index in [1.165, 1.54) is 29.5 Å². The second kappa shape index (κ2) is 5.89. The van der Waals surface area contributed by atoms with Crippen molar-refractivity contribution in [2.75, 3.05) is 5.75 Å². The highest BCUT2D eigenvalue weighted by molar-refractivity contribution is 7.99. The topological polar surface area (TPSA) is 46.0 Å². The van der Waals surface area contributed by atoms with Crippen LogP contribution < -0.4 is 0 Å². The van der Waals surface area contributed by atoms with Crippen LogP contribution >= 0.6 is 11.8 Å². The molecule has 1 N–H and O–H groups in total. The average molecular weight is 324 g/mol. The van der Waals surface area contributed by atoms with Crippen LogP contribution in [-0.4, -0.2) is 25.3 Å². The molecule has 0 saturated heterocycles. The third-order valence-corrected chi connectivity index (χ3v) is 5.49. The van der Waals surface area contributed by atoms with Gasteiger partial charge in [-0.3, -0.25) is 0 Å². The van der Waals surface area contributed by atoms with Gasteiger partial charge >= 0.3 is 0 Å². The number of nitrogens with zero attached hydrogens (tertiary/aromatic N) is 3. The minimum absolute atomic E-state index is 0.961. The number of nitrogens with one attached hydrogen (secondary N) is 1. The van der Waals surface area contributed by atoms with Gasteiger partial charge < -0.3 is 4.98 Å². The molecule has 0 bridgehead atoms. The van der Waals surface area contributed by atoms with E-state index in [1.807, 2.05) is 28.5 Å². The first-order chi connectivity index (χ1) is 11.3. The van der Waals surface area contributed by atoms with Gasteiger partial charge in [0.15, 0.2) is 5.65 Å². The summed E-state index contributed by atoms with van der Waals surface area (Å²) in [6.07, 6.45) is 5.75. The van der Waals surface area contributed by atoms with E-state index >= 15 is 0 Å². The lowest BCUT2D eigenvalue weighted by atomic mass is 10.2. The zero-order chi connectivity index (χ0) is 15.8. The Kier molecular flexibility index (Phi) is 3.73. The van der Waals surface area contributed by atoms with Crippen LogP contribution in [0, 0.1) is 6.92 Å². The van der Waals surface area contributed by atoms with Gasteiger partial charge in [-0.15, -0.1) is 11.8 Å². The molecule has 5 heteroatoms. The fourth-order valence-corrected chi connectivity index (χ4v) is 4.11. The summed E-state index contributed by atoms with van der Waals surface area (Å²) >= 11 is 1.88. The number of H-pyrrole nitrogens is 1. The highest BCUT2D eigenvalue weighted by Crippen LogP contribution is 2.31. The van der Waals surface area contributed by atoms with Crippen molar-refractivity contribution >= 4 is 39.3 Å². The molecule has 0 atom stereocenters. The minimum Gasteiger partial charge on any atom is -0.339 e. The largest absolute Gasteiger partial charge is 0.339 e. The van der Waals surface area contributed by atoms with Crippen LogP contribution in [0.1, 0.15) is 31.9 Å². The first-order valence-corrected chi connectivity index (χ1v) is 9.15. The van der Waals surface area contributed by atoms with Crippen molar-refractivity contribution in [3.05, 3.63) is 36.2 Å².